The van der Waals surface area contributed by atoms with Crippen LogP contribution in [0.2, 0.25) is 0 Å². The number of nitrogens with zero attached hydrogens (tertiary/aromatic N) is 1. The summed E-state index contributed by atoms with van der Waals surface area (Å²) in [7, 11) is 1.45. The lowest BCUT2D eigenvalue weighted by molar-refractivity contribution is -0.153. The highest BCUT2D eigenvalue weighted by atomic mass is 19.4. The molecule has 30 heavy (non-hydrogen) atoms. The number of alkyl halides is 3. The van der Waals surface area contributed by atoms with Gasteiger partial charge in [0, 0.05) is 19.5 Å². The molecule has 1 fully saturated rings. The van der Waals surface area contributed by atoms with E-state index in [0.717, 1.165) is 18.2 Å². The Labute approximate surface area is 168 Å². The van der Waals surface area contributed by atoms with Gasteiger partial charge in [0.2, 0.25) is 11.8 Å². The smallest absolute Gasteiger partial charge is 0.422 e. The fourth-order valence-corrected chi connectivity index (χ4v) is 3.29. The molecular weight excluding hydrogens is 411 g/mol. The van der Waals surface area contributed by atoms with Crippen LogP contribution in [0.1, 0.15) is 11.5 Å². The van der Waals surface area contributed by atoms with Crippen LogP contribution in [-0.4, -0.2) is 43.1 Å². The highest BCUT2D eigenvalue weighted by Crippen LogP contribution is 2.36. The average molecular weight is 428 g/mol. The van der Waals surface area contributed by atoms with E-state index in [9.17, 15) is 31.5 Å². The molecule has 160 valence electrons. The van der Waals surface area contributed by atoms with Gasteiger partial charge < -0.3 is 15.0 Å². The van der Waals surface area contributed by atoms with E-state index >= 15 is 0 Å². The number of para-hydroxylation sites is 1. The van der Waals surface area contributed by atoms with Crippen LogP contribution in [0.25, 0.3) is 0 Å². The maximum atomic E-state index is 13.9. The van der Waals surface area contributed by atoms with E-state index < -0.39 is 53.8 Å². The van der Waals surface area contributed by atoms with E-state index in [0.29, 0.717) is 0 Å². The molecule has 3 rings (SSSR count). The Morgan fingerprint density at radius 2 is 1.87 bits per heavy atom. The summed E-state index contributed by atoms with van der Waals surface area (Å²) in [5.74, 6) is -5.71. The number of ether oxygens (including phenoxy) is 1. The molecule has 1 saturated heterocycles. The first-order chi connectivity index (χ1) is 14.1. The van der Waals surface area contributed by atoms with E-state index in [2.05, 4.69) is 10.1 Å². The number of likely N-dealkylation sites (N-methyl/N-ethyl adjacent to an activating group) is 1. The fourth-order valence-electron chi connectivity index (χ4n) is 3.29. The van der Waals surface area contributed by atoms with E-state index in [4.69, 9.17) is 0 Å². The summed E-state index contributed by atoms with van der Waals surface area (Å²) < 4.78 is 69.5. The third-order valence-corrected chi connectivity index (χ3v) is 4.70. The molecule has 1 heterocycles. The van der Waals surface area contributed by atoms with Crippen molar-refractivity contribution in [2.24, 2.45) is 5.92 Å². The van der Waals surface area contributed by atoms with Crippen LogP contribution >= 0.6 is 0 Å². The van der Waals surface area contributed by atoms with Gasteiger partial charge in [0.25, 0.3) is 0 Å². The summed E-state index contributed by atoms with van der Waals surface area (Å²) in [5.41, 5.74) is 0.136. The first-order valence-electron chi connectivity index (χ1n) is 8.86. The zero-order valence-electron chi connectivity index (χ0n) is 15.7. The van der Waals surface area contributed by atoms with Gasteiger partial charge >= 0.3 is 6.18 Å². The van der Waals surface area contributed by atoms with Gasteiger partial charge in [-0.3, -0.25) is 9.59 Å². The number of benzene rings is 2. The van der Waals surface area contributed by atoms with Gasteiger partial charge in [-0.05, 0) is 29.8 Å². The molecule has 2 aromatic carbocycles. The standard InChI is InChI=1S/C20H17F5N2O3/c1-27-9-12(11-6-7-14(22)16(8-11)30-10-20(23,24)25)17(19(27)29)18(28)26-15-5-3-2-4-13(15)21/h2-8,12,17H,9-10H2,1H3,(H,26,28)/t12-,17+/m1/s1. The molecule has 1 aliphatic rings. The molecule has 0 bridgehead atoms. The minimum absolute atomic E-state index is 0.0680. The highest BCUT2D eigenvalue weighted by molar-refractivity contribution is 6.08. The van der Waals surface area contributed by atoms with Gasteiger partial charge in [0.1, 0.15) is 11.7 Å². The lowest BCUT2D eigenvalue weighted by atomic mass is 9.87. The van der Waals surface area contributed by atoms with Gasteiger partial charge in [0.15, 0.2) is 18.2 Å². The Bertz CT molecular complexity index is 964. The monoisotopic (exact) mass is 428 g/mol. The third-order valence-electron chi connectivity index (χ3n) is 4.70. The van der Waals surface area contributed by atoms with Gasteiger partial charge in [0.05, 0.1) is 5.69 Å². The molecule has 10 heteroatoms. The summed E-state index contributed by atoms with van der Waals surface area (Å²) >= 11 is 0. The van der Waals surface area contributed by atoms with Crippen LogP contribution in [0.3, 0.4) is 0 Å². The molecule has 0 radical (unpaired) electrons. The van der Waals surface area contributed by atoms with Crippen molar-refractivity contribution in [2.75, 3.05) is 25.5 Å². The molecule has 0 unspecified atom stereocenters. The Morgan fingerprint density at radius 1 is 1.17 bits per heavy atom. The molecule has 1 N–H and O–H groups in total. The molecule has 2 atom stereocenters. The number of nitrogens with one attached hydrogen (secondary N) is 1. The Kier molecular flexibility index (Phi) is 5.95. The second-order valence-corrected chi connectivity index (χ2v) is 6.87. The summed E-state index contributed by atoms with van der Waals surface area (Å²) in [6, 6.07) is 8.63. The molecule has 0 aromatic heterocycles. The molecule has 2 amide bonds. The number of likely N-dealkylation sites (tertiary alicyclic amines) is 1. The number of hydrogen-bond acceptors (Lipinski definition) is 3. The molecule has 0 spiro atoms. The Hall–Kier alpha value is -3.17. The van der Waals surface area contributed by atoms with Crippen LogP contribution in [-0.2, 0) is 9.59 Å². The van der Waals surface area contributed by atoms with Crippen LogP contribution < -0.4 is 10.1 Å². The van der Waals surface area contributed by atoms with Crippen molar-refractivity contribution in [3.8, 4) is 5.75 Å². The lowest BCUT2D eigenvalue weighted by Crippen LogP contribution is -2.33. The predicted octanol–water partition coefficient (Wildman–Crippen LogP) is 3.72. The summed E-state index contributed by atoms with van der Waals surface area (Å²) in [6.45, 7) is -1.62. The summed E-state index contributed by atoms with van der Waals surface area (Å²) in [4.78, 5) is 26.5. The average Bonchev–Trinajstić information content (AvgIpc) is 2.97. The topological polar surface area (TPSA) is 58.6 Å². The Morgan fingerprint density at radius 3 is 2.53 bits per heavy atom. The minimum Gasteiger partial charge on any atom is -0.481 e. The first-order valence-corrected chi connectivity index (χ1v) is 8.86. The molecular formula is C20H17F5N2O3. The zero-order valence-corrected chi connectivity index (χ0v) is 15.7. The highest BCUT2D eigenvalue weighted by Gasteiger charge is 2.44. The second kappa shape index (κ2) is 8.29. The number of hydrogen-bond donors (Lipinski definition) is 1. The van der Waals surface area contributed by atoms with Crippen molar-refractivity contribution < 1.29 is 36.3 Å². The van der Waals surface area contributed by atoms with Crippen LogP contribution in [0, 0.1) is 17.6 Å². The largest absolute Gasteiger partial charge is 0.481 e. The van der Waals surface area contributed by atoms with E-state index in [1.165, 1.54) is 36.2 Å². The normalized spacial score (nSPS) is 19.1. The van der Waals surface area contributed by atoms with E-state index in [-0.39, 0.29) is 17.8 Å². The van der Waals surface area contributed by atoms with Gasteiger partial charge in [-0.15, -0.1) is 0 Å². The third kappa shape index (κ3) is 4.69. The van der Waals surface area contributed by atoms with Crippen molar-refractivity contribution >= 4 is 17.5 Å². The fraction of sp³-hybridized carbons (Fsp3) is 0.300. The van der Waals surface area contributed by atoms with Crippen molar-refractivity contribution in [1.29, 1.82) is 0 Å². The second-order valence-electron chi connectivity index (χ2n) is 6.87. The van der Waals surface area contributed by atoms with Crippen molar-refractivity contribution in [3.05, 3.63) is 59.7 Å². The number of anilines is 1. The molecule has 0 saturated carbocycles. The maximum absolute atomic E-state index is 13.9. The molecule has 1 aliphatic heterocycles. The van der Waals surface area contributed by atoms with Gasteiger partial charge in [-0.1, -0.05) is 18.2 Å². The van der Waals surface area contributed by atoms with Gasteiger partial charge in [-0.2, -0.15) is 13.2 Å². The number of amides is 2. The first kappa shape index (κ1) is 21.5. The quantitative estimate of drug-likeness (QED) is 0.584. The van der Waals surface area contributed by atoms with Crippen molar-refractivity contribution in [1.82, 2.24) is 4.90 Å². The van der Waals surface area contributed by atoms with Crippen LogP contribution in [0.5, 0.6) is 5.75 Å². The number of halogens is 5. The zero-order chi connectivity index (χ0) is 22.1. The van der Waals surface area contributed by atoms with E-state index in [1.54, 1.807) is 0 Å². The SMILES string of the molecule is CN1C[C@H](c2ccc(F)c(OCC(F)(F)F)c2)[C@@H](C(=O)Nc2ccccc2F)C1=O. The molecule has 5 nitrogen and oxygen atoms in total. The molecule has 0 aliphatic carbocycles. The van der Waals surface area contributed by atoms with Crippen LogP contribution in [0.15, 0.2) is 42.5 Å². The number of carbonyl (C=O) groups is 2. The summed E-state index contributed by atoms with van der Waals surface area (Å²) in [5, 5.41) is 2.36. The van der Waals surface area contributed by atoms with E-state index in [1.807, 2.05) is 0 Å². The Balaban J connectivity index is 1.87. The lowest BCUT2D eigenvalue weighted by Gasteiger charge is -2.18. The summed E-state index contributed by atoms with van der Waals surface area (Å²) in [6.07, 6.45) is -4.66. The minimum atomic E-state index is -4.66. The number of rotatable bonds is 5. The maximum Gasteiger partial charge on any atom is 0.422 e. The van der Waals surface area contributed by atoms with Crippen molar-refractivity contribution in [3.63, 3.8) is 0 Å². The molecule has 2 aromatic rings. The van der Waals surface area contributed by atoms with Crippen LogP contribution in [0.4, 0.5) is 27.6 Å². The van der Waals surface area contributed by atoms with Crippen molar-refractivity contribution in [2.45, 2.75) is 12.1 Å². The van der Waals surface area contributed by atoms with Gasteiger partial charge in [-0.25, -0.2) is 8.78 Å². The predicted molar refractivity (Wildman–Crippen MR) is 96.8 cm³/mol. The number of carbonyl (C=O) groups excluding carboxylic acids is 2.